The molecule has 33 heavy (non-hydrogen) atoms. The lowest BCUT2D eigenvalue weighted by molar-refractivity contribution is 0.102. The van der Waals surface area contributed by atoms with Crippen LogP contribution in [0.5, 0.6) is 23.0 Å². The molecule has 1 amide bonds. The molecule has 0 heterocycles. The zero-order valence-corrected chi connectivity index (χ0v) is 18.6. The van der Waals surface area contributed by atoms with Gasteiger partial charge in [-0.2, -0.15) is 0 Å². The summed E-state index contributed by atoms with van der Waals surface area (Å²) >= 11 is 0. The van der Waals surface area contributed by atoms with E-state index < -0.39 is 0 Å². The minimum atomic E-state index is -0.241. The first kappa shape index (κ1) is 22.0. The molecule has 0 spiro atoms. The smallest absolute Gasteiger partial charge is 0.255 e. The summed E-state index contributed by atoms with van der Waals surface area (Å²) in [7, 11) is 1.55. The number of amides is 1. The number of rotatable bonds is 8. The molecule has 0 aliphatic heterocycles. The molecule has 0 atom stereocenters. The molecule has 0 radical (unpaired) electrons. The number of nitrogens with one attached hydrogen (secondary N) is 1. The molecule has 0 aliphatic carbocycles. The van der Waals surface area contributed by atoms with E-state index in [0.29, 0.717) is 35.1 Å². The Labute approximate surface area is 193 Å². The van der Waals surface area contributed by atoms with E-state index >= 15 is 0 Å². The number of hydrogen-bond acceptors (Lipinski definition) is 4. The molecule has 0 fully saturated rings. The van der Waals surface area contributed by atoms with Gasteiger partial charge in [0.15, 0.2) is 11.5 Å². The number of aryl methyl sites for hydroxylation is 1. The van der Waals surface area contributed by atoms with Crippen LogP contribution in [0, 0.1) is 6.92 Å². The van der Waals surface area contributed by atoms with Crippen molar-refractivity contribution in [2.75, 3.05) is 12.4 Å². The van der Waals surface area contributed by atoms with Crippen LogP contribution >= 0.6 is 0 Å². The van der Waals surface area contributed by atoms with Crippen LogP contribution in [0.4, 0.5) is 5.69 Å². The van der Waals surface area contributed by atoms with Crippen LogP contribution in [0.15, 0.2) is 97.1 Å². The summed E-state index contributed by atoms with van der Waals surface area (Å²) in [5.41, 5.74) is 3.36. The highest BCUT2D eigenvalue weighted by Crippen LogP contribution is 2.29. The summed E-state index contributed by atoms with van der Waals surface area (Å²) < 4.78 is 17.1. The second-order valence-electron chi connectivity index (χ2n) is 7.53. The molecule has 166 valence electrons. The molecular weight excluding hydrogens is 414 g/mol. The molecule has 5 nitrogen and oxygen atoms in total. The molecule has 4 aromatic carbocycles. The Morgan fingerprint density at radius 1 is 0.788 bits per heavy atom. The van der Waals surface area contributed by atoms with Gasteiger partial charge < -0.3 is 19.5 Å². The van der Waals surface area contributed by atoms with Crippen molar-refractivity contribution in [2.45, 2.75) is 13.5 Å². The largest absolute Gasteiger partial charge is 0.493 e. The second-order valence-corrected chi connectivity index (χ2v) is 7.53. The molecule has 5 heteroatoms. The van der Waals surface area contributed by atoms with Gasteiger partial charge in [0.25, 0.3) is 5.91 Å². The van der Waals surface area contributed by atoms with Gasteiger partial charge in [0.2, 0.25) is 0 Å². The van der Waals surface area contributed by atoms with Gasteiger partial charge in [-0.15, -0.1) is 0 Å². The standard InChI is InChI=1S/C28H25NO4/c1-20-8-13-24(14-9-20)33-25-15-11-23(12-16-25)29-28(30)22-10-17-26(27(18-22)31-2)32-19-21-6-4-3-5-7-21/h3-18H,19H2,1-2H3,(H,29,30). The maximum absolute atomic E-state index is 12.7. The van der Waals surface area contributed by atoms with Crippen molar-refractivity contribution < 1.29 is 19.0 Å². The average Bonchev–Trinajstić information content (AvgIpc) is 2.86. The highest BCUT2D eigenvalue weighted by atomic mass is 16.5. The molecule has 4 rings (SSSR count). The van der Waals surface area contributed by atoms with Crippen molar-refractivity contribution >= 4 is 11.6 Å². The number of benzene rings is 4. The number of ether oxygens (including phenoxy) is 3. The summed E-state index contributed by atoms with van der Waals surface area (Å²) in [5, 5.41) is 2.89. The number of carbonyl (C=O) groups excluding carboxylic acids is 1. The Morgan fingerprint density at radius 2 is 1.45 bits per heavy atom. The van der Waals surface area contributed by atoms with Crippen LogP contribution < -0.4 is 19.5 Å². The predicted octanol–water partition coefficient (Wildman–Crippen LogP) is 6.63. The molecule has 4 aromatic rings. The van der Waals surface area contributed by atoms with Crippen molar-refractivity contribution in [1.29, 1.82) is 0 Å². The van der Waals surface area contributed by atoms with E-state index in [4.69, 9.17) is 14.2 Å². The van der Waals surface area contributed by atoms with Gasteiger partial charge in [-0.25, -0.2) is 0 Å². The maximum atomic E-state index is 12.7. The Balaban J connectivity index is 1.38. The van der Waals surface area contributed by atoms with Crippen molar-refractivity contribution in [3.63, 3.8) is 0 Å². The molecule has 0 aromatic heterocycles. The van der Waals surface area contributed by atoms with Gasteiger partial charge in [0.05, 0.1) is 7.11 Å². The van der Waals surface area contributed by atoms with Crippen molar-refractivity contribution in [1.82, 2.24) is 0 Å². The zero-order chi connectivity index (χ0) is 23.0. The Hall–Kier alpha value is -4.25. The molecular formula is C28H25NO4. The van der Waals surface area contributed by atoms with Gasteiger partial charge in [0.1, 0.15) is 18.1 Å². The lowest BCUT2D eigenvalue weighted by atomic mass is 10.1. The number of hydrogen-bond donors (Lipinski definition) is 1. The van der Waals surface area contributed by atoms with E-state index in [9.17, 15) is 4.79 Å². The molecule has 0 bridgehead atoms. The number of anilines is 1. The fourth-order valence-electron chi connectivity index (χ4n) is 3.22. The van der Waals surface area contributed by atoms with Crippen LogP contribution in [0.25, 0.3) is 0 Å². The van der Waals surface area contributed by atoms with E-state index in [1.165, 1.54) is 5.56 Å². The monoisotopic (exact) mass is 439 g/mol. The van der Waals surface area contributed by atoms with E-state index in [1.807, 2.05) is 73.7 Å². The topological polar surface area (TPSA) is 56.8 Å². The minimum absolute atomic E-state index is 0.241. The summed E-state index contributed by atoms with van der Waals surface area (Å²) in [4.78, 5) is 12.7. The molecule has 0 aliphatic rings. The first-order valence-corrected chi connectivity index (χ1v) is 10.6. The SMILES string of the molecule is COc1cc(C(=O)Nc2ccc(Oc3ccc(C)cc3)cc2)ccc1OCc1ccccc1. The van der Waals surface area contributed by atoms with Crippen LogP contribution in [0.2, 0.25) is 0 Å². The third-order valence-corrected chi connectivity index (χ3v) is 5.03. The van der Waals surface area contributed by atoms with Gasteiger partial charge in [0, 0.05) is 11.3 Å². The summed E-state index contributed by atoms with van der Waals surface area (Å²) in [5.74, 6) is 2.29. The fraction of sp³-hybridized carbons (Fsp3) is 0.107. The predicted molar refractivity (Wildman–Crippen MR) is 129 cm³/mol. The number of methoxy groups -OCH3 is 1. The van der Waals surface area contributed by atoms with Gasteiger partial charge in [-0.1, -0.05) is 48.0 Å². The summed E-state index contributed by atoms with van der Waals surface area (Å²) in [6.07, 6.45) is 0. The molecule has 0 saturated heterocycles. The van der Waals surface area contributed by atoms with Crippen molar-refractivity contribution in [3.05, 3.63) is 114 Å². The van der Waals surface area contributed by atoms with Crippen molar-refractivity contribution in [3.8, 4) is 23.0 Å². The normalized spacial score (nSPS) is 10.4. The highest BCUT2D eigenvalue weighted by Gasteiger charge is 2.12. The lowest BCUT2D eigenvalue weighted by Crippen LogP contribution is -2.12. The van der Waals surface area contributed by atoms with Crippen LogP contribution in [0.3, 0.4) is 0 Å². The first-order valence-electron chi connectivity index (χ1n) is 10.6. The van der Waals surface area contributed by atoms with Crippen molar-refractivity contribution in [2.24, 2.45) is 0 Å². The maximum Gasteiger partial charge on any atom is 0.255 e. The van der Waals surface area contributed by atoms with Gasteiger partial charge in [-0.3, -0.25) is 4.79 Å². The Bertz CT molecular complexity index is 1200. The third kappa shape index (κ3) is 5.92. The fourth-order valence-corrected chi connectivity index (χ4v) is 3.22. The molecule has 0 saturated carbocycles. The van der Waals surface area contributed by atoms with Crippen LogP contribution in [-0.2, 0) is 6.61 Å². The van der Waals surface area contributed by atoms with E-state index in [2.05, 4.69) is 5.32 Å². The van der Waals surface area contributed by atoms with Crippen LogP contribution in [-0.4, -0.2) is 13.0 Å². The van der Waals surface area contributed by atoms with Gasteiger partial charge >= 0.3 is 0 Å². The third-order valence-electron chi connectivity index (χ3n) is 5.03. The minimum Gasteiger partial charge on any atom is -0.493 e. The van der Waals surface area contributed by atoms with E-state index in [0.717, 1.165) is 11.3 Å². The van der Waals surface area contributed by atoms with Gasteiger partial charge in [-0.05, 0) is 67.1 Å². The van der Waals surface area contributed by atoms with E-state index in [-0.39, 0.29) is 5.91 Å². The van der Waals surface area contributed by atoms with Crippen LogP contribution in [0.1, 0.15) is 21.5 Å². The second kappa shape index (κ2) is 10.4. The molecule has 1 N–H and O–H groups in total. The van der Waals surface area contributed by atoms with E-state index in [1.54, 1.807) is 37.4 Å². The quantitative estimate of drug-likeness (QED) is 0.335. The first-order chi connectivity index (χ1) is 16.1. The highest BCUT2D eigenvalue weighted by molar-refractivity contribution is 6.04. The Morgan fingerprint density at radius 3 is 2.12 bits per heavy atom. The summed E-state index contributed by atoms with van der Waals surface area (Å²) in [6, 6.07) is 30.1. The average molecular weight is 440 g/mol. The summed E-state index contributed by atoms with van der Waals surface area (Å²) in [6.45, 7) is 2.45. The zero-order valence-electron chi connectivity index (χ0n) is 18.6. The molecule has 0 unspecified atom stereocenters. The Kier molecular flexibility index (Phi) is 6.90. The lowest BCUT2D eigenvalue weighted by Gasteiger charge is -2.13. The number of carbonyl (C=O) groups is 1.